The fraction of sp³-hybridized carbons (Fsp3) is 1.00. The Balaban J connectivity index is 3.50. The highest BCUT2D eigenvalue weighted by Gasteiger charge is 2.06. The smallest absolute Gasteiger partial charge is 0.000403 e. The van der Waals surface area contributed by atoms with Crippen molar-refractivity contribution in [3.05, 3.63) is 0 Å². The molecule has 0 aromatic heterocycles. The van der Waals surface area contributed by atoms with Crippen LogP contribution in [0.5, 0.6) is 0 Å². The Morgan fingerprint density at radius 3 is 2.27 bits per heavy atom. The van der Waals surface area contributed by atoms with E-state index in [0.29, 0.717) is 0 Å². The van der Waals surface area contributed by atoms with Gasteiger partial charge in [-0.3, -0.25) is 0 Å². The van der Waals surface area contributed by atoms with E-state index in [1.165, 1.54) is 25.8 Å². The summed E-state index contributed by atoms with van der Waals surface area (Å²) in [6.07, 6.45) is 3.76. The first-order valence-corrected chi connectivity index (χ1v) is 4.55. The highest BCUT2D eigenvalue weighted by Crippen LogP contribution is 2.10. The molecule has 0 amide bonds. The molecule has 0 aromatic rings. The first-order valence-electron chi connectivity index (χ1n) is 4.55. The molecule has 0 rings (SSSR count). The van der Waals surface area contributed by atoms with Crippen LogP contribution in [0.15, 0.2) is 0 Å². The third-order valence-electron chi connectivity index (χ3n) is 1.90. The van der Waals surface area contributed by atoms with Gasteiger partial charge in [0, 0.05) is 6.54 Å². The van der Waals surface area contributed by atoms with E-state index in [1.54, 1.807) is 0 Å². The maximum absolute atomic E-state index is 5.52. The molecule has 1 unspecified atom stereocenters. The van der Waals surface area contributed by atoms with Crippen molar-refractivity contribution in [2.75, 3.05) is 27.2 Å². The lowest BCUT2D eigenvalue weighted by molar-refractivity contribution is 0.300. The molecule has 2 N–H and O–H groups in total. The van der Waals surface area contributed by atoms with Gasteiger partial charge in [0.25, 0.3) is 0 Å². The average molecular weight is 158 g/mol. The summed E-state index contributed by atoms with van der Waals surface area (Å²) in [6.45, 7) is 4.25. The standard InChI is InChI=1S/C9H22N2/c1-4-5-9(6-7-10)8-11(2)3/h9H,4-8,10H2,1-3H3. The van der Waals surface area contributed by atoms with Crippen molar-refractivity contribution < 1.29 is 0 Å². The van der Waals surface area contributed by atoms with Crippen LogP contribution >= 0.6 is 0 Å². The van der Waals surface area contributed by atoms with E-state index in [0.717, 1.165) is 12.5 Å². The van der Waals surface area contributed by atoms with Gasteiger partial charge in [0.2, 0.25) is 0 Å². The molecule has 0 spiro atoms. The van der Waals surface area contributed by atoms with E-state index < -0.39 is 0 Å². The minimum atomic E-state index is 0.806. The summed E-state index contributed by atoms with van der Waals surface area (Å²) < 4.78 is 0. The van der Waals surface area contributed by atoms with Crippen LogP contribution in [0.2, 0.25) is 0 Å². The van der Waals surface area contributed by atoms with Gasteiger partial charge < -0.3 is 10.6 Å². The fourth-order valence-corrected chi connectivity index (χ4v) is 1.49. The second-order valence-electron chi connectivity index (χ2n) is 3.49. The molecular formula is C9H22N2. The Morgan fingerprint density at radius 2 is 1.91 bits per heavy atom. The number of hydrogen-bond donors (Lipinski definition) is 1. The molecule has 0 aliphatic carbocycles. The molecule has 11 heavy (non-hydrogen) atoms. The minimum absolute atomic E-state index is 0.806. The third-order valence-corrected chi connectivity index (χ3v) is 1.90. The summed E-state index contributed by atoms with van der Waals surface area (Å²) in [4.78, 5) is 2.25. The maximum atomic E-state index is 5.52. The summed E-state index contributed by atoms with van der Waals surface area (Å²) in [7, 11) is 4.25. The molecule has 0 aromatic carbocycles. The predicted octanol–water partition coefficient (Wildman–Crippen LogP) is 1.31. The predicted molar refractivity (Wildman–Crippen MR) is 50.6 cm³/mol. The zero-order valence-corrected chi connectivity index (χ0v) is 8.14. The first kappa shape index (κ1) is 10.9. The molecule has 0 aliphatic rings. The molecule has 0 saturated carbocycles. The van der Waals surface area contributed by atoms with Crippen LogP contribution in [-0.2, 0) is 0 Å². The molecule has 0 fully saturated rings. The van der Waals surface area contributed by atoms with Gasteiger partial charge in [-0.1, -0.05) is 13.3 Å². The Labute approximate surface area is 70.8 Å². The Bertz CT molecular complexity index is 75.6. The molecule has 68 valence electrons. The van der Waals surface area contributed by atoms with Gasteiger partial charge >= 0.3 is 0 Å². The molecule has 2 heteroatoms. The van der Waals surface area contributed by atoms with Crippen molar-refractivity contribution in [2.24, 2.45) is 11.7 Å². The van der Waals surface area contributed by atoms with Crippen LogP contribution in [0.1, 0.15) is 26.2 Å². The van der Waals surface area contributed by atoms with E-state index in [9.17, 15) is 0 Å². The van der Waals surface area contributed by atoms with Gasteiger partial charge in [-0.15, -0.1) is 0 Å². The van der Waals surface area contributed by atoms with Crippen LogP contribution < -0.4 is 5.73 Å². The topological polar surface area (TPSA) is 29.3 Å². The lowest BCUT2D eigenvalue weighted by Gasteiger charge is -2.19. The quantitative estimate of drug-likeness (QED) is 0.631. The third kappa shape index (κ3) is 6.32. The van der Waals surface area contributed by atoms with Crippen LogP contribution in [-0.4, -0.2) is 32.1 Å². The molecule has 0 radical (unpaired) electrons. The summed E-state index contributed by atoms with van der Waals surface area (Å²) in [5, 5.41) is 0. The van der Waals surface area contributed by atoms with Crippen LogP contribution in [0.3, 0.4) is 0 Å². The molecule has 1 atom stereocenters. The van der Waals surface area contributed by atoms with Crippen molar-refractivity contribution in [2.45, 2.75) is 26.2 Å². The number of nitrogens with zero attached hydrogens (tertiary/aromatic N) is 1. The van der Waals surface area contributed by atoms with Crippen LogP contribution in [0.25, 0.3) is 0 Å². The zero-order chi connectivity index (χ0) is 8.69. The largest absolute Gasteiger partial charge is 0.330 e. The number of nitrogens with two attached hydrogens (primary N) is 1. The lowest BCUT2D eigenvalue weighted by Crippen LogP contribution is -2.23. The second-order valence-corrected chi connectivity index (χ2v) is 3.49. The first-order chi connectivity index (χ1) is 5.20. The van der Waals surface area contributed by atoms with E-state index >= 15 is 0 Å². The van der Waals surface area contributed by atoms with Crippen molar-refractivity contribution in [1.82, 2.24) is 4.90 Å². The molecule has 0 saturated heterocycles. The minimum Gasteiger partial charge on any atom is -0.330 e. The van der Waals surface area contributed by atoms with E-state index in [2.05, 4.69) is 25.9 Å². The molecule has 0 bridgehead atoms. The number of hydrogen-bond acceptors (Lipinski definition) is 2. The second kappa shape index (κ2) is 6.62. The van der Waals surface area contributed by atoms with Gasteiger partial charge in [0.15, 0.2) is 0 Å². The molecular weight excluding hydrogens is 136 g/mol. The highest BCUT2D eigenvalue weighted by atomic mass is 15.1. The lowest BCUT2D eigenvalue weighted by atomic mass is 9.99. The van der Waals surface area contributed by atoms with Gasteiger partial charge in [-0.2, -0.15) is 0 Å². The number of rotatable bonds is 6. The van der Waals surface area contributed by atoms with Crippen LogP contribution in [0.4, 0.5) is 0 Å². The Kier molecular flexibility index (Phi) is 6.57. The fourth-order valence-electron chi connectivity index (χ4n) is 1.49. The van der Waals surface area contributed by atoms with E-state index in [1.807, 2.05) is 0 Å². The van der Waals surface area contributed by atoms with E-state index in [4.69, 9.17) is 5.73 Å². The van der Waals surface area contributed by atoms with Gasteiger partial charge in [0.05, 0.1) is 0 Å². The van der Waals surface area contributed by atoms with Gasteiger partial charge in [-0.05, 0) is 39.4 Å². The summed E-state index contributed by atoms with van der Waals surface area (Å²) >= 11 is 0. The maximum Gasteiger partial charge on any atom is 0.000403 e. The van der Waals surface area contributed by atoms with Gasteiger partial charge in [-0.25, -0.2) is 0 Å². The Hall–Kier alpha value is -0.0800. The van der Waals surface area contributed by atoms with Crippen molar-refractivity contribution >= 4 is 0 Å². The van der Waals surface area contributed by atoms with Gasteiger partial charge in [0.1, 0.15) is 0 Å². The monoisotopic (exact) mass is 158 g/mol. The Morgan fingerprint density at radius 1 is 1.27 bits per heavy atom. The van der Waals surface area contributed by atoms with Crippen molar-refractivity contribution in [3.8, 4) is 0 Å². The molecule has 2 nitrogen and oxygen atoms in total. The normalized spacial score (nSPS) is 13.9. The summed E-state index contributed by atoms with van der Waals surface area (Å²) in [5.41, 5.74) is 5.52. The average Bonchev–Trinajstić information content (AvgIpc) is 1.87. The van der Waals surface area contributed by atoms with Crippen LogP contribution in [0, 0.1) is 5.92 Å². The molecule has 0 heterocycles. The molecule has 0 aliphatic heterocycles. The van der Waals surface area contributed by atoms with Crippen molar-refractivity contribution in [1.29, 1.82) is 0 Å². The van der Waals surface area contributed by atoms with E-state index in [-0.39, 0.29) is 0 Å². The SMILES string of the molecule is CCCC(CCN)CN(C)C. The van der Waals surface area contributed by atoms with Crippen molar-refractivity contribution in [3.63, 3.8) is 0 Å². The zero-order valence-electron chi connectivity index (χ0n) is 8.14. The summed E-state index contributed by atoms with van der Waals surface area (Å²) in [5.74, 6) is 0.806. The highest BCUT2D eigenvalue weighted by molar-refractivity contribution is 4.61. The summed E-state index contributed by atoms with van der Waals surface area (Å²) in [6, 6.07) is 0.